The Morgan fingerprint density at radius 3 is 2.40 bits per heavy atom. The SMILES string of the molecule is C=C1C2C1C2(NC(=O)C1CC(OC(=O)N2Cc3cccc(F)c3C2)CN1C(=O)C(CCNC(=O)C1CCC(=O)O1)NC(=O)OC(C)(C)C)C(=O)NS(=O)(=O)C1CC1. The van der Waals surface area contributed by atoms with Crippen molar-refractivity contribution in [3.05, 3.63) is 47.3 Å². The Hall–Kier alpha value is -5.27. The highest BCUT2D eigenvalue weighted by atomic mass is 32.2. The number of cyclic esters (lactones) is 1. The number of amides is 6. The second kappa shape index (κ2) is 14.6. The molecule has 6 aliphatic rings. The summed E-state index contributed by atoms with van der Waals surface area (Å²) >= 11 is 0. The van der Waals surface area contributed by atoms with E-state index in [1.54, 1.807) is 26.8 Å². The van der Waals surface area contributed by atoms with Gasteiger partial charge >= 0.3 is 18.2 Å². The molecule has 57 heavy (non-hydrogen) atoms. The highest BCUT2D eigenvalue weighted by molar-refractivity contribution is 7.91. The van der Waals surface area contributed by atoms with Crippen molar-refractivity contribution in [1.82, 2.24) is 30.5 Å². The molecule has 5 fully saturated rings. The molecule has 18 nitrogen and oxygen atoms in total. The molecule has 3 aliphatic carbocycles. The number of sulfonamides is 1. The van der Waals surface area contributed by atoms with Crippen LogP contribution < -0.4 is 20.7 Å². The van der Waals surface area contributed by atoms with Crippen molar-refractivity contribution >= 4 is 51.8 Å². The van der Waals surface area contributed by atoms with Crippen LogP contribution in [0.4, 0.5) is 14.0 Å². The van der Waals surface area contributed by atoms with Crippen LogP contribution in [0, 0.1) is 17.7 Å². The fraction of sp³-hybridized carbons (Fsp3) is 0.595. The van der Waals surface area contributed by atoms with Gasteiger partial charge in [0.2, 0.25) is 21.8 Å². The van der Waals surface area contributed by atoms with Gasteiger partial charge in [-0.2, -0.15) is 0 Å². The van der Waals surface area contributed by atoms with Crippen molar-refractivity contribution in [2.45, 2.75) is 113 Å². The van der Waals surface area contributed by atoms with Crippen LogP contribution in [0.25, 0.3) is 0 Å². The second-order valence-electron chi connectivity index (χ2n) is 16.3. The van der Waals surface area contributed by atoms with Crippen LogP contribution >= 0.6 is 0 Å². The van der Waals surface area contributed by atoms with Crippen molar-refractivity contribution in [1.29, 1.82) is 0 Å². The number of nitrogens with zero attached hydrogens (tertiary/aromatic N) is 2. The predicted octanol–water partition coefficient (Wildman–Crippen LogP) is 0.632. The summed E-state index contributed by atoms with van der Waals surface area (Å²) < 4.78 is 58.1. The van der Waals surface area contributed by atoms with E-state index in [0.29, 0.717) is 29.5 Å². The molecule has 6 amide bonds. The molecule has 2 saturated heterocycles. The second-order valence-corrected chi connectivity index (χ2v) is 18.3. The summed E-state index contributed by atoms with van der Waals surface area (Å²) in [4.78, 5) is 95.1. The van der Waals surface area contributed by atoms with Crippen molar-refractivity contribution in [3.8, 4) is 0 Å². The molecule has 7 rings (SSSR count). The van der Waals surface area contributed by atoms with Gasteiger partial charge in [0.15, 0.2) is 6.10 Å². The maximum Gasteiger partial charge on any atom is 0.410 e. The zero-order valence-corrected chi connectivity index (χ0v) is 32.4. The molecule has 1 aromatic carbocycles. The monoisotopic (exact) mass is 816 g/mol. The Kier molecular flexibility index (Phi) is 10.2. The van der Waals surface area contributed by atoms with E-state index in [1.807, 2.05) is 0 Å². The molecule has 4 N–H and O–H groups in total. The first-order valence-electron chi connectivity index (χ1n) is 18.8. The number of carbonyl (C=O) groups is 7. The van der Waals surface area contributed by atoms with Crippen LogP contribution in [0.1, 0.15) is 70.4 Å². The summed E-state index contributed by atoms with van der Waals surface area (Å²) in [5, 5.41) is 7.06. The Labute approximate surface area is 327 Å². The molecule has 308 valence electrons. The number of esters is 1. The van der Waals surface area contributed by atoms with Crippen molar-refractivity contribution in [2.75, 3.05) is 13.1 Å². The molecule has 6 atom stereocenters. The van der Waals surface area contributed by atoms with Crippen molar-refractivity contribution in [2.24, 2.45) is 11.8 Å². The predicted molar refractivity (Wildman–Crippen MR) is 193 cm³/mol. The van der Waals surface area contributed by atoms with Gasteiger partial charge in [-0.15, -0.1) is 0 Å². The third kappa shape index (κ3) is 8.13. The zero-order chi connectivity index (χ0) is 41.2. The van der Waals surface area contributed by atoms with E-state index in [-0.39, 0.29) is 51.9 Å². The Morgan fingerprint density at radius 2 is 1.79 bits per heavy atom. The highest BCUT2D eigenvalue weighted by Gasteiger charge is 2.85. The maximum absolute atomic E-state index is 14.5. The minimum absolute atomic E-state index is 0.0624. The van der Waals surface area contributed by atoms with Gasteiger partial charge in [0.25, 0.3) is 11.8 Å². The van der Waals surface area contributed by atoms with Crippen molar-refractivity contribution < 1.29 is 60.6 Å². The number of carbonyl (C=O) groups excluding carboxylic acids is 7. The number of rotatable bonds is 12. The normalized spacial score (nSPS) is 27.7. The van der Waals surface area contributed by atoms with Gasteiger partial charge in [-0.05, 0) is 51.7 Å². The zero-order valence-electron chi connectivity index (χ0n) is 31.6. The number of fused-ring (bicyclic) bond motifs is 2. The number of nitrogens with one attached hydrogen (secondary N) is 4. The Morgan fingerprint density at radius 1 is 1.07 bits per heavy atom. The lowest BCUT2D eigenvalue weighted by Gasteiger charge is -2.31. The molecule has 3 saturated carbocycles. The van der Waals surface area contributed by atoms with Crippen molar-refractivity contribution in [3.63, 3.8) is 0 Å². The smallest absolute Gasteiger partial charge is 0.410 e. The number of benzene rings is 1. The third-order valence-electron chi connectivity index (χ3n) is 11.0. The van der Waals surface area contributed by atoms with E-state index in [9.17, 15) is 46.4 Å². The molecular formula is C37H45FN6O12S. The van der Waals surface area contributed by atoms with Gasteiger partial charge in [-0.25, -0.2) is 22.4 Å². The van der Waals surface area contributed by atoms with Crippen LogP contribution in [0.15, 0.2) is 30.4 Å². The molecular weight excluding hydrogens is 772 g/mol. The number of hydrogen-bond donors (Lipinski definition) is 4. The molecule has 0 aromatic heterocycles. The van der Waals surface area contributed by atoms with Crippen LogP contribution in [0.2, 0.25) is 0 Å². The molecule has 0 radical (unpaired) electrons. The summed E-state index contributed by atoms with van der Waals surface area (Å²) in [6.07, 6.45) is -3.34. The Bertz CT molecular complexity index is 2040. The van der Waals surface area contributed by atoms with E-state index >= 15 is 0 Å². The van der Waals surface area contributed by atoms with E-state index < -0.39 is 110 Å². The standard InChI is InChI=1S/C37H45FN6O12S/c1-18-28-29(18)37(28,33(49)42-57(52,53)21-8-9-21)41-30(46)25-14-20(54-35(51)43-15-19-6-5-7-23(38)22(19)17-43)16-44(25)32(48)24(40-34(50)56-36(2,3)4)12-13-39-31(47)26-10-11-27(45)55-26/h5-7,20-21,24-26,28-29H,1,8-17H2,2-4H3,(H,39,47)(H,40,50)(H,41,46)(H,42,49). The van der Waals surface area contributed by atoms with Gasteiger partial charge in [0, 0.05) is 49.8 Å². The van der Waals surface area contributed by atoms with Crippen LogP contribution in [-0.4, -0.2) is 114 Å². The first-order valence-corrected chi connectivity index (χ1v) is 20.4. The molecule has 3 aliphatic heterocycles. The van der Waals surface area contributed by atoms with E-state index in [4.69, 9.17) is 14.2 Å². The molecule has 1 aromatic rings. The lowest BCUT2D eigenvalue weighted by atomic mass is 10.0. The molecule has 0 spiro atoms. The van der Waals surface area contributed by atoms with Crippen LogP contribution in [0.3, 0.4) is 0 Å². The summed E-state index contributed by atoms with van der Waals surface area (Å²) in [6, 6.07) is 1.68. The minimum atomic E-state index is -3.98. The largest absolute Gasteiger partial charge is 0.452 e. The number of hydrogen-bond acceptors (Lipinski definition) is 12. The number of alkyl carbamates (subject to hydrolysis) is 1. The summed E-state index contributed by atoms with van der Waals surface area (Å²) in [6.45, 7) is 8.18. The highest BCUT2D eigenvalue weighted by Crippen LogP contribution is 2.74. The summed E-state index contributed by atoms with van der Waals surface area (Å²) in [7, 11) is -3.98. The summed E-state index contributed by atoms with van der Waals surface area (Å²) in [5.74, 6) is -5.23. The Balaban J connectivity index is 1.10. The average molecular weight is 817 g/mol. The average Bonchev–Trinajstić information content (AvgIpc) is 4.07. The van der Waals surface area contributed by atoms with Gasteiger partial charge < -0.3 is 35.1 Å². The lowest BCUT2D eigenvalue weighted by molar-refractivity contribution is -0.148. The fourth-order valence-corrected chi connectivity index (χ4v) is 9.17. The van der Waals surface area contributed by atoms with E-state index in [1.165, 1.54) is 17.0 Å². The van der Waals surface area contributed by atoms with Crippen LogP contribution in [0.5, 0.6) is 0 Å². The number of ether oxygens (including phenoxy) is 3. The maximum atomic E-state index is 14.5. The lowest BCUT2D eigenvalue weighted by Crippen LogP contribution is -2.60. The molecule has 6 unspecified atom stereocenters. The third-order valence-corrected chi connectivity index (χ3v) is 12.8. The fourth-order valence-electron chi connectivity index (χ4n) is 7.82. The topological polar surface area (TPSA) is 236 Å². The van der Waals surface area contributed by atoms with E-state index in [2.05, 4.69) is 27.3 Å². The van der Waals surface area contributed by atoms with Gasteiger partial charge in [-0.3, -0.25) is 33.6 Å². The molecule has 3 heterocycles. The quantitative estimate of drug-likeness (QED) is 0.129. The van der Waals surface area contributed by atoms with E-state index in [0.717, 1.165) is 4.90 Å². The first kappa shape index (κ1) is 39.9. The van der Waals surface area contributed by atoms with Gasteiger partial charge in [0.05, 0.1) is 18.3 Å². The summed E-state index contributed by atoms with van der Waals surface area (Å²) in [5.41, 5.74) is -1.00. The van der Waals surface area contributed by atoms with Crippen LogP contribution in [-0.2, 0) is 61.3 Å². The first-order chi connectivity index (χ1) is 26.8. The number of halogens is 1. The van der Waals surface area contributed by atoms with Gasteiger partial charge in [0.1, 0.15) is 35.1 Å². The molecule has 0 bridgehead atoms. The number of likely N-dealkylation sites (tertiary alicyclic amines) is 1. The van der Waals surface area contributed by atoms with Gasteiger partial charge in [-0.1, -0.05) is 24.3 Å². The minimum Gasteiger partial charge on any atom is -0.452 e. The molecule has 20 heteroatoms.